The third-order valence-electron chi connectivity index (χ3n) is 4.82. The number of nitrogens with one attached hydrogen (secondary N) is 1. The first kappa shape index (κ1) is 21.2. The molecule has 2 aromatic carbocycles. The number of hydrogen-bond donors (Lipinski definition) is 3. The number of ketones is 1. The van der Waals surface area contributed by atoms with E-state index in [1.54, 1.807) is 30.3 Å². The first-order chi connectivity index (χ1) is 14.5. The summed E-state index contributed by atoms with van der Waals surface area (Å²) in [5, 5.41) is 33.6. The molecule has 0 bridgehead atoms. The zero-order chi connectivity index (χ0) is 21.7. The first-order valence-corrected chi connectivity index (χ1v) is 9.35. The summed E-state index contributed by atoms with van der Waals surface area (Å²) in [7, 11) is 0. The fraction of sp³-hybridized carbons (Fsp3) is 0.238. The zero-order valence-corrected chi connectivity index (χ0v) is 16.0. The van der Waals surface area contributed by atoms with E-state index in [2.05, 4.69) is 5.32 Å². The lowest BCUT2D eigenvalue weighted by Crippen LogP contribution is -2.36. The second-order valence-electron chi connectivity index (χ2n) is 6.68. The molecule has 30 heavy (non-hydrogen) atoms. The molecule has 1 atom stereocenters. The Morgan fingerprint density at radius 3 is 2.33 bits per heavy atom. The minimum Gasteiger partial charge on any atom is -0.507 e. The van der Waals surface area contributed by atoms with Crippen LogP contribution in [0.15, 0.2) is 60.2 Å². The SMILES string of the molecule is O=C1C(=O)N(CCNCCO)C(c2ccccc2)C1=C(O)c1ccc([N+](=O)[O-])cc1. The van der Waals surface area contributed by atoms with Crippen LogP contribution in [-0.4, -0.2) is 58.0 Å². The molecule has 1 heterocycles. The van der Waals surface area contributed by atoms with Crippen molar-refractivity contribution < 1.29 is 24.7 Å². The number of aliphatic hydroxyl groups is 2. The van der Waals surface area contributed by atoms with Crippen LogP contribution in [0.1, 0.15) is 17.2 Å². The molecule has 156 valence electrons. The van der Waals surface area contributed by atoms with Crippen LogP contribution in [0.4, 0.5) is 5.69 Å². The van der Waals surface area contributed by atoms with Crippen LogP contribution in [0, 0.1) is 10.1 Å². The molecule has 1 saturated heterocycles. The zero-order valence-electron chi connectivity index (χ0n) is 16.0. The summed E-state index contributed by atoms with van der Waals surface area (Å²) >= 11 is 0. The standard InChI is InChI=1S/C21H21N3O6/c25-13-11-22-10-12-23-18(14-4-2-1-3-5-14)17(20(27)21(23)28)19(26)15-6-8-16(9-7-15)24(29)30/h1-9,18,22,25-26H,10-13H2. The predicted octanol–water partition coefficient (Wildman–Crippen LogP) is 1.60. The van der Waals surface area contributed by atoms with Gasteiger partial charge in [-0.3, -0.25) is 19.7 Å². The maximum Gasteiger partial charge on any atom is 0.295 e. The Bertz CT molecular complexity index is 972. The molecule has 3 N–H and O–H groups in total. The van der Waals surface area contributed by atoms with Crippen LogP contribution in [-0.2, 0) is 9.59 Å². The van der Waals surface area contributed by atoms with E-state index in [1.165, 1.54) is 29.2 Å². The van der Waals surface area contributed by atoms with E-state index in [4.69, 9.17) is 5.11 Å². The number of likely N-dealkylation sites (tertiary alicyclic amines) is 1. The quantitative estimate of drug-likeness (QED) is 0.150. The van der Waals surface area contributed by atoms with Gasteiger partial charge in [0.15, 0.2) is 0 Å². The highest BCUT2D eigenvalue weighted by Crippen LogP contribution is 2.39. The first-order valence-electron chi connectivity index (χ1n) is 9.35. The van der Waals surface area contributed by atoms with Crippen molar-refractivity contribution in [3.05, 3.63) is 81.4 Å². The molecule has 1 aliphatic heterocycles. The molecule has 0 spiro atoms. The molecule has 2 aromatic rings. The second-order valence-corrected chi connectivity index (χ2v) is 6.68. The number of rotatable bonds is 8. The van der Waals surface area contributed by atoms with Crippen molar-refractivity contribution in [3.8, 4) is 0 Å². The Morgan fingerprint density at radius 2 is 1.73 bits per heavy atom. The topological polar surface area (TPSA) is 133 Å². The van der Waals surface area contributed by atoms with Crippen LogP contribution in [0.3, 0.4) is 0 Å². The van der Waals surface area contributed by atoms with Crippen LogP contribution in [0.2, 0.25) is 0 Å². The van der Waals surface area contributed by atoms with E-state index < -0.39 is 22.7 Å². The summed E-state index contributed by atoms with van der Waals surface area (Å²) in [6.45, 7) is 0.847. The maximum atomic E-state index is 12.8. The Hall–Kier alpha value is -3.56. The van der Waals surface area contributed by atoms with Gasteiger partial charge in [-0.1, -0.05) is 30.3 Å². The number of nitro groups is 1. The fourth-order valence-corrected chi connectivity index (χ4v) is 3.39. The molecule has 0 aromatic heterocycles. The Morgan fingerprint density at radius 1 is 1.07 bits per heavy atom. The smallest absolute Gasteiger partial charge is 0.295 e. The second kappa shape index (κ2) is 9.29. The summed E-state index contributed by atoms with van der Waals surface area (Å²) in [4.78, 5) is 37.2. The molecule has 0 radical (unpaired) electrons. The molecule has 1 fully saturated rings. The third kappa shape index (κ3) is 4.22. The molecule has 1 unspecified atom stereocenters. The molecule has 0 aliphatic carbocycles. The number of hydrogen-bond acceptors (Lipinski definition) is 7. The van der Waals surface area contributed by atoms with Gasteiger partial charge in [-0.2, -0.15) is 0 Å². The number of carbonyl (C=O) groups excluding carboxylic acids is 2. The summed E-state index contributed by atoms with van der Waals surface area (Å²) in [6, 6.07) is 13.2. The Kier molecular flexibility index (Phi) is 6.55. The van der Waals surface area contributed by atoms with Crippen LogP contribution < -0.4 is 5.32 Å². The molecule has 1 aliphatic rings. The third-order valence-corrected chi connectivity index (χ3v) is 4.82. The maximum absolute atomic E-state index is 12.8. The average Bonchev–Trinajstić information content (AvgIpc) is 3.01. The predicted molar refractivity (Wildman–Crippen MR) is 109 cm³/mol. The Labute approximate surface area is 172 Å². The summed E-state index contributed by atoms with van der Waals surface area (Å²) < 4.78 is 0. The monoisotopic (exact) mass is 411 g/mol. The van der Waals surface area contributed by atoms with Crippen molar-refractivity contribution in [2.45, 2.75) is 6.04 Å². The van der Waals surface area contributed by atoms with Gasteiger partial charge < -0.3 is 20.4 Å². The van der Waals surface area contributed by atoms with E-state index in [0.29, 0.717) is 18.7 Å². The van der Waals surface area contributed by atoms with Crippen LogP contribution >= 0.6 is 0 Å². The number of non-ortho nitro benzene ring substituents is 1. The lowest BCUT2D eigenvalue weighted by molar-refractivity contribution is -0.384. The molecule has 9 nitrogen and oxygen atoms in total. The van der Waals surface area contributed by atoms with Crippen LogP contribution in [0.5, 0.6) is 0 Å². The van der Waals surface area contributed by atoms with E-state index in [1.807, 2.05) is 0 Å². The number of aliphatic hydroxyl groups excluding tert-OH is 2. The number of benzene rings is 2. The van der Waals surface area contributed by atoms with Crippen molar-refractivity contribution >= 4 is 23.1 Å². The lowest BCUT2D eigenvalue weighted by atomic mass is 9.95. The number of Topliss-reactive ketones (excluding diaryl/α,β-unsaturated/α-hetero) is 1. The van der Waals surface area contributed by atoms with E-state index in [0.717, 1.165) is 0 Å². The largest absolute Gasteiger partial charge is 0.507 e. The van der Waals surface area contributed by atoms with Gasteiger partial charge in [-0.15, -0.1) is 0 Å². The molecular formula is C21H21N3O6. The van der Waals surface area contributed by atoms with Gasteiger partial charge in [0.1, 0.15) is 5.76 Å². The lowest BCUT2D eigenvalue weighted by Gasteiger charge is -2.25. The van der Waals surface area contributed by atoms with Gasteiger partial charge in [0.25, 0.3) is 17.4 Å². The summed E-state index contributed by atoms with van der Waals surface area (Å²) in [6.07, 6.45) is 0. The fourth-order valence-electron chi connectivity index (χ4n) is 3.39. The molecule has 3 rings (SSSR count). The van der Waals surface area contributed by atoms with Crippen molar-refractivity contribution in [2.24, 2.45) is 0 Å². The molecular weight excluding hydrogens is 390 g/mol. The van der Waals surface area contributed by atoms with Crippen molar-refractivity contribution in [1.82, 2.24) is 10.2 Å². The van der Waals surface area contributed by atoms with Crippen LogP contribution in [0.25, 0.3) is 5.76 Å². The summed E-state index contributed by atoms with van der Waals surface area (Å²) in [5.74, 6) is -1.94. The van der Waals surface area contributed by atoms with E-state index in [-0.39, 0.29) is 35.7 Å². The molecule has 1 amide bonds. The minimum absolute atomic E-state index is 0.0545. The van der Waals surface area contributed by atoms with E-state index in [9.17, 15) is 24.8 Å². The molecule has 0 saturated carbocycles. The summed E-state index contributed by atoms with van der Waals surface area (Å²) in [5.41, 5.74) is 0.643. The van der Waals surface area contributed by atoms with Crippen molar-refractivity contribution in [1.29, 1.82) is 0 Å². The normalized spacial score (nSPS) is 18.0. The van der Waals surface area contributed by atoms with Gasteiger partial charge >= 0.3 is 0 Å². The minimum atomic E-state index is -0.818. The Balaban J connectivity index is 2.03. The highest BCUT2D eigenvalue weighted by atomic mass is 16.6. The van der Waals surface area contributed by atoms with Crippen molar-refractivity contribution in [2.75, 3.05) is 26.2 Å². The van der Waals surface area contributed by atoms with Gasteiger partial charge in [0, 0.05) is 37.3 Å². The van der Waals surface area contributed by atoms with Gasteiger partial charge in [-0.05, 0) is 17.7 Å². The van der Waals surface area contributed by atoms with E-state index >= 15 is 0 Å². The number of amides is 1. The highest BCUT2D eigenvalue weighted by molar-refractivity contribution is 6.46. The van der Waals surface area contributed by atoms with Gasteiger partial charge in [0.05, 0.1) is 23.1 Å². The number of nitro benzene ring substituents is 1. The number of nitrogens with zero attached hydrogens (tertiary/aromatic N) is 2. The average molecular weight is 411 g/mol. The van der Waals surface area contributed by atoms with Gasteiger partial charge in [-0.25, -0.2) is 0 Å². The highest BCUT2D eigenvalue weighted by Gasteiger charge is 2.45. The van der Waals surface area contributed by atoms with Gasteiger partial charge in [0.2, 0.25) is 0 Å². The number of carbonyl (C=O) groups is 2. The molecule has 9 heteroatoms. The van der Waals surface area contributed by atoms with Crippen molar-refractivity contribution in [3.63, 3.8) is 0 Å².